The number of anilines is 1. The Labute approximate surface area is 146 Å². The number of fused-ring (bicyclic) bond motifs is 2. The van der Waals surface area contributed by atoms with Gasteiger partial charge in [0.25, 0.3) is 11.8 Å². The van der Waals surface area contributed by atoms with Gasteiger partial charge in [-0.2, -0.15) is 0 Å². The number of H-pyrrole nitrogens is 1. The molecule has 1 aromatic heterocycles. The summed E-state index contributed by atoms with van der Waals surface area (Å²) in [6.45, 7) is -0.0365. The van der Waals surface area contributed by atoms with Crippen LogP contribution < -0.4 is 11.1 Å². The Kier molecular flexibility index (Phi) is 3.65. The van der Waals surface area contributed by atoms with Gasteiger partial charge >= 0.3 is 5.76 Å². The molecular formula is C18H13N3O5. The second-order valence-corrected chi connectivity index (χ2v) is 5.80. The normalized spacial score (nSPS) is 13.3. The Morgan fingerprint density at radius 1 is 1.00 bits per heavy atom. The first-order valence-electron chi connectivity index (χ1n) is 7.91. The van der Waals surface area contributed by atoms with Crippen LogP contribution in [0.1, 0.15) is 27.1 Å². The zero-order valence-corrected chi connectivity index (χ0v) is 13.4. The molecule has 1 aliphatic heterocycles. The van der Waals surface area contributed by atoms with Gasteiger partial charge in [-0.15, -0.1) is 0 Å². The van der Waals surface area contributed by atoms with Crippen molar-refractivity contribution < 1.29 is 18.8 Å². The lowest BCUT2D eigenvalue weighted by atomic mass is 10.1. The van der Waals surface area contributed by atoms with Crippen LogP contribution in [-0.4, -0.2) is 34.2 Å². The number of oxazole rings is 1. The van der Waals surface area contributed by atoms with E-state index < -0.39 is 23.5 Å². The van der Waals surface area contributed by atoms with Crippen LogP contribution in [0.25, 0.3) is 11.1 Å². The lowest BCUT2D eigenvalue weighted by Gasteiger charge is -2.13. The molecule has 0 radical (unpaired) electrons. The third-order valence-corrected chi connectivity index (χ3v) is 4.16. The van der Waals surface area contributed by atoms with Crippen molar-refractivity contribution in [2.75, 3.05) is 11.9 Å². The fraction of sp³-hybridized carbons (Fsp3) is 0.111. The zero-order valence-electron chi connectivity index (χ0n) is 13.4. The molecule has 2 aromatic carbocycles. The van der Waals surface area contributed by atoms with Crippen molar-refractivity contribution in [3.05, 3.63) is 64.1 Å². The van der Waals surface area contributed by atoms with Gasteiger partial charge in [0.1, 0.15) is 0 Å². The molecule has 0 saturated carbocycles. The first-order valence-corrected chi connectivity index (χ1v) is 7.91. The van der Waals surface area contributed by atoms with E-state index in [4.69, 9.17) is 4.42 Å². The number of benzene rings is 2. The topological polar surface area (TPSA) is 112 Å². The van der Waals surface area contributed by atoms with E-state index in [0.29, 0.717) is 22.3 Å². The summed E-state index contributed by atoms with van der Waals surface area (Å²) in [6, 6.07) is 11.5. The molecule has 0 aliphatic carbocycles. The number of imide groups is 1. The Hall–Kier alpha value is -3.68. The van der Waals surface area contributed by atoms with Gasteiger partial charge < -0.3 is 9.73 Å². The summed E-state index contributed by atoms with van der Waals surface area (Å²) < 4.78 is 5.01. The van der Waals surface area contributed by atoms with Gasteiger partial charge in [0, 0.05) is 13.0 Å². The van der Waals surface area contributed by atoms with Crippen molar-refractivity contribution in [3.8, 4) is 0 Å². The number of aromatic nitrogens is 1. The Balaban J connectivity index is 1.46. The number of hydrogen-bond acceptors (Lipinski definition) is 5. The van der Waals surface area contributed by atoms with E-state index in [1.165, 1.54) is 0 Å². The van der Waals surface area contributed by atoms with Gasteiger partial charge in [-0.05, 0) is 24.3 Å². The highest BCUT2D eigenvalue weighted by molar-refractivity contribution is 6.21. The molecule has 0 spiro atoms. The lowest BCUT2D eigenvalue weighted by Crippen LogP contribution is -2.32. The Morgan fingerprint density at radius 3 is 2.38 bits per heavy atom. The summed E-state index contributed by atoms with van der Waals surface area (Å²) in [6.07, 6.45) is -0.0729. The molecule has 0 atom stereocenters. The molecule has 0 unspecified atom stereocenters. The fourth-order valence-electron chi connectivity index (χ4n) is 2.94. The second-order valence-electron chi connectivity index (χ2n) is 5.80. The summed E-state index contributed by atoms with van der Waals surface area (Å²) in [5.74, 6) is -1.83. The molecule has 1 aliphatic rings. The van der Waals surface area contributed by atoms with Crippen molar-refractivity contribution in [2.24, 2.45) is 0 Å². The standard InChI is InChI=1S/C18H13N3O5/c22-14(19-12-6-3-7-13-15(12)26-18(25)20-13)8-9-21-16(23)10-4-1-2-5-11(10)17(21)24/h1-7H,8-9H2,(H,19,22)(H,20,25). The van der Waals surface area contributed by atoms with Crippen LogP contribution in [0.3, 0.4) is 0 Å². The third kappa shape index (κ3) is 2.57. The monoisotopic (exact) mass is 351 g/mol. The van der Waals surface area contributed by atoms with Crippen LogP contribution in [0.2, 0.25) is 0 Å². The van der Waals surface area contributed by atoms with E-state index in [1.54, 1.807) is 42.5 Å². The Bertz CT molecular complexity index is 1080. The quantitative estimate of drug-likeness (QED) is 0.695. The predicted octanol–water partition coefficient (Wildman–Crippen LogP) is 1.75. The van der Waals surface area contributed by atoms with Crippen LogP contribution in [-0.2, 0) is 4.79 Å². The van der Waals surface area contributed by atoms with E-state index >= 15 is 0 Å². The number of nitrogens with one attached hydrogen (secondary N) is 2. The largest absolute Gasteiger partial charge is 0.417 e. The summed E-state index contributed by atoms with van der Waals surface area (Å²) in [7, 11) is 0. The highest BCUT2D eigenvalue weighted by Gasteiger charge is 2.34. The number of amides is 3. The van der Waals surface area contributed by atoms with E-state index in [0.717, 1.165) is 4.90 Å². The van der Waals surface area contributed by atoms with Crippen molar-refractivity contribution in [1.82, 2.24) is 9.88 Å². The molecule has 3 aromatic rings. The summed E-state index contributed by atoms with van der Waals surface area (Å²) in [5, 5.41) is 2.63. The van der Waals surface area contributed by atoms with E-state index in [2.05, 4.69) is 10.3 Å². The smallest absolute Gasteiger partial charge is 0.406 e. The number of hydrogen-bond donors (Lipinski definition) is 2. The fourth-order valence-corrected chi connectivity index (χ4v) is 2.94. The van der Waals surface area contributed by atoms with Crippen LogP contribution >= 0.6 is 0 Å². The van der Waals surface area contributed by atoms with Crippen LogP contribution in [0.5, 0.6) is 0 Å². The maximum absolute atomic E-state index is 12.3. The second kappa shape index (κ2) is 5.99. The summed E-state index contributed by atoms with van der Waals surface area (Å²) in [4.78, 5) is 51.6. The van der Waals surface area contributed by atoms with Crippen molar-refractivity contribution in [3.63, 3.8) is 0 Å². The molecule has 3 amide bonds. The lowest BCUT2D eigenvalue weighted by molar-refractivity contribution is -0.116. The molecule has 0 fully saturated rings. The van der Waals surface area contributed by atoms with E-state index in [9.17, 15) is 19.2 Å². The van der Waals surface area contributed by atoms with Gasteiger partial charge in [-0.25, -0.2) is 4.79 Å². The molecule has 8 heteroatoms. The van der Waals surface area contributed by atoms with Crippen LogP contribution in [0.4, 0.5) is 5.69 Å². The maximum atomic E-state index is 12.3. The van der Waals surface area contributed by atoms with Gasteiger partial charge in [-0.1, -0.05) is 18.2 Å². The molecule has 8 nitrogen and oxygen atoms in total. The minimum absolute atomic E-state index is 0.0365. The van der Waals surface area contributed by atoms with Crippen LogP contribution in [0.15, 0.2) is 51.7 Å². The SMILES string of the molecule is O=C(CCN1C(=O)c2ccccc2C1=O)Nc1cccc2[nH]c(=O)oc12. The zero-order chi connectivity index (χ0) is 18.3. The van der Waals surface area contributed by atoms with E-state index in [1.807, 2.05) is 0 Å². The van der Waals surface area contributed by atoms with Crippen molar-refractivity contribution >= 4 is 34.5 Å². The molecular weight excluding hydrogens is 338 g/mol. The molecule has 0 bridgehead atoms. The highest BCUT2D eigenvalue weighted by Crippen LogP contribution is 2.23. The van der Waals surface area contributed by atoms with Gasteiger partial charge in [0.15, 0.2) is 5.58 Å². The maximum Gasteiger partial charge on any atom is 0.417 e. The summed E-state index contributed by atoms with van der Waals surface area (Å²) in [5.41, 5.74) is 1.74. The number of carbonyl (C=O) groups excluding carboxylic acids is 3. The van der Waals surface area contributed by atoms with Gasteiger partial charge in [0.2, 0.25) is 5.91 Å². The minimum Gasteiger partial charge on any atom is -0.406 e. The van der Waals surface area contributed by atoms with Crippen LogP contribution in [0, 0.1) is 0 Å². The third-order valence-electron chi connectivity index (χ3n) is 4.16. The number of para-hydroxylation sites is 1. The number of nitrogens with zero attached hydrogens (tertiary/aromatic N) is 1. The Morgan fingerprint density at radius 2 is 1.69 bits per heavy atom. The number of aromatic amines is 1. The van der Waals surface area contributed by atoms with Crippen molar-refractivity contribution in [1.29, 1.82) is 0 Å². The van der Waals surface area contributed by atoms with Crippen molar-refractivity contribution in [2.45, 2.75) is 6.42 Å². The average Bonchev–Trinajstić information content (AvgIpc) is 3.12. The highest BCUT2D eigenvalue weighted by atomic mass is 16.4. The molecule has 4 rings (SSSR count). The molecule has 26 heavy (non-hydrogen) atoms. The molecule has 2 heterocycles. The van der Waals surface area contributed by atoms with E-state index in [-0.39, 0.29) is 18.5 Å². The van der Waals surface area contributed by atoms with Gasteiger partial charge in [-0.3, -0.25) is 24.3 Å². The number of rotatable bonds is 4. The molecule has 130 valence electrons. The van der Waals surface area contributed by atoms with Gasteiger partial charge in [0.05, 0.1) is 22.3 Å². The average molecular weight is 351 g/mol. The summed E-state index contributed by atoms with van der Waals surface area (Å²) >= 11 is 0. The first kappa shape index (κ1) is 15.8. The molecule has 0 saturated heterocycles. The minimum atomic E-state index is -0.618. The number of carbonyl (C=O) groups is 3. The predicted molar refractivity (Wildman–Crippen MR) is 91.9 cm³/mol. The molecule has 2 N–H and O–H groups in total. The first-order chi connectivity index (χ1) is 12.5.